The zero-order chi connectivity index (χ0) is 9.80. The molecule has 76 valence electrons. The van der Waals surface area contributed by atoms with Crippen molar-refractivity contribution in [3.8, 4) is 0 Å². The molecule has 0 spiro atoms. The molecule has 0 saturated heterocycles. The van der Waals surface area contributed by atoms with Crippen molar-refractivity contribution in [1.29, 1.82) is 0 Å². The molecule has 1 aromatic rings. The van der Waals surface area contributed by atoms with Gasteiger partial charge in [-0.05, 0) is 44.2 Å². The van der Waals surface area contributed by atoms with Gasteiger partial charge in [0.2, 0.25) is 0 Å². The largest absolute Gasteiger partial charge is 0.468 e. The lowest BCUT2D eigenvalue weighted by Crippen LogP contribution is -2.11. The van der Waals surface area contributed by atoms with Gasteiger partial charge in [0.1, 0.15) is 5.76 Å². The fraction of sp³-hybridized carbons (Fsp3) is 0.500. The van der Waals surface area contributed by atoms with Crippen molar-refractivity contribution in [3.05, 3.63) is 35.8 Å². The Kier molecular flexibility index (Phi) is 3.04. The van der Waals surface area contributed by atoms with Gasteiger partial charge in [-0.1, -0.05) is 11.6 Å². The van der Waals surface area contributed by atoms with Gasteiger partial charge in [0.05, 0.1) is 12.3 Å². The van der Waals surface area contributed by atoms with Crippen LogP contribution in [0, 0.1) is 0 Å². The van der Waals surface area contributed by atoms with Crippen LogP contribution in [0.15, 0.2) is 34.5 Å². The molecular formula is C12H17NO. The Labute approximate surface area is 84.8 Å². The molecule has 0 bridgehead atoms. The van der Waals surface area contributed by atoms with E-state index < -0.39 is 0 Å². The topological polar surface area (TPSA) is 39.2 Å². The molecule has 2 N–H and O–H groups in total. The van der Waals surface area contributed by atoms with E-state index >= 15 is 0 Å². The Morgan fingerprint density at radius 3 is 3.00 bits per heavy atom. The predicted octanol–water partition coefficient (Wildman–Crippen LogP) is 3.17. The van der Waals surface area contributed by atoms with E-state index in [0.29, 0.717) is 0 Å². The maximum absolute atomic E-state index is 6.04. The predicted molar refractivity (Wildman–Crippen MR) is 56.8 cm³/mol. The molecule has 0 aromatic carbocycles. The highest BCUT2D eigenvalue weighted by Gasteiger charge is 2.12. The van der Waals surface area contributed by atoms with Gasteiger partial charge in [0.25, 0.3) is 0 Å². The number of furan rings is 1. The van der Waals surface area contributed by atoms with Crippen LogP contribution in [0.25, 0.3) is 0 Å². The Balaban J connectivity index is 1.94. The Hall–Kier alpha value is -1.02. The minimum Gasteiger partial charge on any atom is -0.468 e. The molecule has 14 heavy (non-hydrogen) atoms. The third-order valence-corrected chi connectivity index (χ3v) is 2.78. The van der Waals surface area contributed by atoms with E-state index in [4.69, 9.17) is 10.2 Å². The van der Waals surface area contributed by atoms with Crippen molar-refractivity contribution in [3.63, 3.8) is 0 Å². The van der Waals surface area contributed by atoms with Gasteiger partial charge >= 0.3 is 0 Å². The highest BCUT2D eigenvalue weighted by Crippen LogP contribution is 2.26. The molecule has 1 atom stereocenters. The van der Waals surface area contributed by atoms with E-state index in [2.05, 4.69) is 6.08 Å². The van der Waals surface area contributed by atoms with Crippen LogP contribution >= 0.6 is 0 Å². The number of hydrogen-bond acceptors (Lipinski definition) is 2. The van der Waals surface area contributed by atoms with Crippen molar-refractivity contribution in [2.45, 2.75) is 38.1 Å². The Morgan fingerprint density at radius 2 is 2.36 bits per heavy atom. The second-order valence-electron chi connectivity index (χ2n) is 3.93. The summed E-state index contributed by atoms with van der Waals surface area (Å²) in [5.74, 6) is 0.900. The number of allylic oxidation sites excluding steroid dienone is 1. The van der Waals surface area contributed by atoms with E-state index in [1.54, 1.807) is 6.26 Å². The summed E-state index contributed by atoms with van der Waals surface area (Å²) in [5, 5.41) is 0. The van der Waals surface area contributed by atoms with Crippen LogP contribution < -0.4 is 5.73 Å². The first kappa shape index (κ1) is 9.53. The standard InChI is InChI=1S/C12H17NO/c13-11(12-7-4-8-14-12)9-10-5-2-1-3-6-10/h4-5,7-8,11H,1-3,6,9,13H2. The number of rotatable bonds is 3. The van der Waals surface area contributed by atoms with Crippen molar-refractivity contribution >= 4 is 0 Å². The highest BCUT2D eigenvalue weighted by atomic mass is 16.3. The lowest BCUT2D eigenvalue weighted by Gasteiger charge is -2.15. The molecule has 0 aliphatic heterocycles. The molecule has 2 nitrogen and oxygen atoms in total. The molecule has 1 aromatic heterocycles. The zero-order valence-corrected chi connectivity index (χ0v) is 8.41. The third-order valence-electron chi connectivity index (χ3n) is 2.78. The normalized spacial score (nSPS) is 19.1. The molecule has 0 fully saturated rings. The second kappa shape index (κ2) is 4.47. The van der Waals surface area contributed by atoms with Gasteiger partial charge in [0.15, 0.2) is 0 Å². The second-order valence-corrected chi connectivity index (χ2v) is 3.93. The summed E-state index contributed by atoms with van der Waals surface area (Å²) >= 11 is 0. The van der Waals surface area contributed by atoms with E-state index in [1.807, 2.05) is 12.1 Å². The smallest absolute Gasteiger partial charge is 0.120 e. The van der Waals surface area contributed by atoms with E-state index in [1.165, 1.54) is 31.3 Å². The summed E-state index contributed by atoms with van der Waals surface area (Å²) in [6.45, 7) is 0. The maximum atomic E-state index is 6.04. The van der Waals surface area contributed by atoms with Gasteiger partial charge in [-0.15, -0.1) is 0 Å². The lowest BCUT2D eigenvalue weighted by atomic mass is 9.94. The number of hydrogen-bond donors (Lipinski definition) is 1. The summed E-state index contributed by atoms with van der Waals surface area (Å²) in [6.07, 6.45) is 10.1. The average molecular weight is 191 g/mol. The number of nitrogens with two attached hydrogens (primary N) is 1. The molecule has 2 rings (SSSR count). The average Bonchev–Trinajstić information content (AvgIpc) is 2.72. The lowest BCUT2D eigenvalue weighted by molar-refractivity contribution is 0.459. The first-order valence-corrected chi connectivity index (χ1v) is 5.33. The summed E-state index contributed by atoms with van der Waals surface area (Å²) in [5.41, 5.74) is 7.54. The van der Waals surface area contributed by atoms with Crippen LogP contribution in [0.5, 0.6) is 0 Å². The van der Waals surface area contributed by atoms with Crippen LogP contribution in [0.3, 0.4) is 0 Å². The first-order chi connectivity index (χ1) is 6.86. The molecular weight excluding hydrogens is 174 g/mol. The Morgan fingerprint density at radius 1 is 1.43 bits per heavy atom. The highest BCUT2D eigenvalue weighted by molar-refractivity contribution is 5.12. The quantitative estimate of drug-likeness (QED) is 0.745. The molecule has 2 heteroatoms. The van der Waals surface area contributed by atoms with Gasteiger partial charge in [-0.25, -0.2) is 0 Å². The van der Waals surface area contributed by atoms with Crippen LogP contribution in [-0.2, 0) is 0 Å². The summed E-state index contributed by atoms with van der Waals surface area (Å²) in [6, 6.07) is 3.88. The van der Waals surface area contributed by atoms with Crippen LogP contribution in [0.4, 0.5) is 0 Å². The minimum absolute atomic E-state index is 0.0364. The fourth-order valence-electron chi connectivity index (χ4n) is 1.98. The maximum Gasteiger partial charge on any atom is 0.120 e. The SMILES string of the molecule is NC(CC1=CCCCC1)c1ccco1. The third kappa shape index (κ3) is 2.26. The summed E-state index contributed by atoms with van der Waals surface area (Å²) in [4.78, 5) is 0. The van der Waals surface area contributed by atoms with Crippen molar-refractivity contribution in [2.24, 2.45) is 5.73 Å². The van der Waals surface area contributed by atoms with Gasteiger partial charge in [-0.3, -0.25) is 0 Å². The first-order valence-electron chi connectivity index (χ1n) is 5.33. The van der Waals surface area contributed by atoms with Crippen molar-refractivity contribution in [1.82, 2.24) is 0 Å². The molecule has 1 aliphatic carbocycles. The van der Waals surface area contributed by atoms with Crippen LogP contribution in [-0.4, -0.2) is 0 Å². The summed E-state index contributed by atoms with van der Waals surface area (Å²) in [7, 11) is 0. The van der Waals surface area contributed by atoms with E-state index in [-0.39, 0.29) is 6.04 Å². The Bertz CT molecular complexity index is 300. The van der Waals surface area contributed by atoms with Crippen LogP contribution in [0.1, 0.15) is 43.9 Å². The fourth-order valence-corrected chi connectivity index (χ4v) is 1.98. The van der Waals surface area contributed by atoms with Crippen LogP contribution in [0.2, 0.25) is 0 Å². The zero-order valence-electron chi connectivity index (χ0n) is 8.41. The molecule has 0 radical (unpaired) electrons. The summed E-state index contributed by atoms with van der Waals surface area (Å²) < 4.78 is 5.28. The monoisotopic (exact) mass is 191 g/mol. The minimum atomic E-state index is 0.0364. The molecule has 0 saturated carbocycles. The molecule has 1 heterocycles. The molecule has 1 unspecified atom stereocenters. The van der Waals surface area contributed by atoms with E-state index in [0.717, 1.165) is 12.2 Å². The van der Waals surface area contributed by atoms with Crippen molar-refractivity contribution in [2.75, 3.05) is 0 Å². The molecule has 1 aliphatic rings. The van der Waals surface area contributed by atoms with Crippen molar-refractivity contribution < 1.29 is 4.42 Å². The molecule has 0 amide bonds. The van der Waals surface area contributed by atoms with Gasteiger partial charge in [0, 0.05) is 0 Å². The van der Waals surface area contributed by atoms with E-state index in [9.17, 15) is 0 Å². The van der Waals surface area contributed by atoms with Gasteiger partial charge < -0.3 is 10.2 Å². The van der Waals surface area contributed by atoms with Gasteiger partial charge in [-0.2, -0.15) is 0 Å².